The summed E-state index contributed by atoms with van der Waals surface area (Å²) in [7, 11) is 0. The summed E-state index contributed by atoms with van der Waals surface area (Å²) in [5.41, 5.74) is 25.4. The van der Waals surface area contributed by atoms with Crippen LogP contribution < -0.4 is 0 Å². The lowest BCUT2D eigenvalue weighted by atomic mass is 9.98. The minimum atomic E-state index is -0.805. The zero-order chi connectivity index (χ0) is 95.4. The Kier molecular flexibility index (Phi) is 26.8. The highest BCUT2D eigenvalue weighted by Gasteiger charge is 2.22. The fourth-order valence-corrected chi connectivity index (χ4v) is 16.0. The van der Waals surface area contributed by atoms with E-state index in [0.717, 1.165) is 129 Å². The van der Waals surface area contributed by atoms with Gasteiger partial charge in [-0.05, 0) is 242 Å². The van der Waals surface area contributed by atoms with E-state index in [0.29, 0.717) is 77.0 Å². The molecule has 0 saturated heterocycles. The maximum atomic E-state index is 14.3. The Morgan fingerprint density at radius 1 is 0.230 bits per heavy atom. The van der Waals surface area contributed by atoms with Crippen molar-refractivity contribution in [1.29, 1.82) is 0 Å². The number of benzene rings is 6. The van der Waals surface area contributed by atoms with Gasteiger partial charge in [0.15, 0.2) is 33.9 Å². The van der Waals surface area contributed by atoms with E-state index in [2.05, 4.69) is 100 Å². The molecule has 139 heavy (non-hydrogen) atoms. The topological polar surface area (TPSA) is 275 Å². The summed E-state index contributed by atoms with van der Waals surface area (Å²) in [6.07, 6.45) is 30.0. The SMILES string of the molecule is Cc1cc(-c2ncccc2-c2ccc3nccnc3n2)ccc1F.Cc1ccc(F)c(-c2ncccc2-c2ccn3ncnc3c2)c1.Clc1cccc(-c2ncccc2-c2ccc3nccnc3n2)c1.Clc1cccc(-c2ncccc2-c2ccn3ncnc3c2)c1.Fc1cc(F)c(-c2ncccc2-c2ccn3ncnc3c2)cc1Cl.Fc1ccc(Cl)cc1-c1ncccc1-c1ccn2ncnc2c1. The number of aromatic nitrogens is 24. The molecule has 0 saturated carbocycles. The smallest absolute Gasteiger partial charge is 0.178 e. The third-order valence-corrected chi connectivity index (χ3v) is 22.9. The summed E-state index contributed by atoms with van der Waals surface area (Å²) in [6, 6.07) is 77.5. The van der Waals surface area contributed by atoms with Gasteiger partial charge in [-0.15, -0.1) is 0 Å². The Morgan fingerprint density at radius 3 is 1.00 bits per heavy atom. The van der Waals surface area contributed by atoms with Gasteiger partial charge in [0.25, 0.3) is 0 Å². The quantitative estimate of drug-likeness (QED) is 0.0811. The van der Waals surface area contributed by atoms with Crippen molar-refractivity contribution in [3.8, 4) is 135 Å². The minimum Gasteiger partial charge on any atom is -0.256 e. The predicted octanol–water partition coefficient (Wildman–Crippen LogP) is 25.3. The molecule has 674 valence electrons. The van der Waals surface area contributed by atoms with Crippen LogP contribution in [-0.4, -0.2) is 118 Å². The monoisotopic (exact) mass is 1910 g/mol. The number of rotatable bonds is 12. The number of halogens is 9. The summed E-state index contributed by atoms with van der Waals surface area (Å²) in [5.74, 6) is -2.40. The fourth-order valence-electron chi connectivity index (χ4n) is 15.3. The van der Waals surface area contributed by atoms with Gasteiger partial charge in [0.2, 0.25) is 0 Å². The van der Waals surface area contributed by atoms with Gasteiger partial charge in [-0.25, -0.2) is 79.9 Å². The Bertz CT molecular complexity index is 8500. The van der Waals surface area contributed by atoms with Gasteiger partial charge in [-0.1, -0.05) is 107 Å². The lowest BCUT2D eigenvalue weighted by Gasteiger charge is -2.10. The molecular formula is C106H67Cl4F5N24. The molecule has 18 aromatic heterocycles. The molecule has 0 unspecified atom stereocenters. The Morgan fingerprint density at radius 2 is 0.583 bits per heavy atom. The van der Waals surface area contributed by atoms with Crippen LogP contribution in [-0.2, 0) is 0 Å². The van der Waals surface area contributed by atoms with E-state index in [-0.39, 0.29) is 28.0 Å². The highest BCUT2D eigenvalue weighted by atomic mass is 35.5. The lowest BCUT2D eigenvalue weighted by Crippen LogP contribution is -1.95. The molecule has 0 fully saturated rings. The van der Waals surface area contributed by atoms with E-state index in [1.54, 1.807) is 136 Å². The largest absolute Gasteiger partial charge is 0.256 e. The van der Waals surface area contributed by atoms with Gasteiger partial charge in [-0.2, -0.15) is 20.4 Å². The second-order valence-electron chi connectivity index (χ2n) is 30.8. The first kappa shape index (κ1) is 90.6. The second kappa shape index (κ2) is 41.1. The molecule has 18 heterocycles. The van der Waals surface area contributed by atoms with Crippen molar-refractivity contribution in [3.63, 3.8) is 0 Å². The molecule has 0 radical (unpaired) electrons. The molecule has 0 bridgehead atoms. The number of aryl methyl sites for hydroxylation is 2. The highest BCUT2D eigenvalue weighted by molar-refractivity contribution is 6.32. The lowest BCUT2D eigenvalue weighted by molar-refractivity contribution is 0.585. The van der Waals surface area contributed by atoms with E-state index < -0.39 is 11.6 Å². The number of pyridine rings is 12. The summed E-state index contributed by atoms with van der Waals surface area (Å²) >= 11 is 24.0. The molecule has 33 heteroatoms. The first-order valence-electron chi connectivity index (χ1n) is 42.6. The maximum absolute atomic E-state index is 14.3. The second-order valence-corrected chi connectivity index (χ2v) is 32.6. The molecule has 0 atom stereocenters. The molecule has 6 aromatic carbocycles. The van der Waals surface area contributed by atoms with Crippen molar-refractivity contribution < 1.29 is 22.0 Å². The van der Waals surface area contributed by atoms with Crippen molar-refractivity contribution in [2.75, 3.05) is 0 Å². The van der Waals surface area contributed by atoms with Gasteiger partial charge in [0, 0.05) is 175 Å². The van der Waals surface area contributed by atoms with Crippen molar-refractivity contribution in [1.82, 2.24) is 118 Å². The van der Waals surface area contributed by atoms with Crippen LogP contribution in [0.5, 0.6) is 0 Å². The highest BCUT2D eigenvalue weighted by Crippen LogP contribution is 2.40. The van der Waals surface area contributed by atoms with Crippen molar-refractivity contribution in [2.24, 2.45) is 0 Å². The Labute approximate surface area is 807 Å². The number of nitrogens with zero attached hydrogens (tertiary/aromatic N) is 24. The predicted molar refractivity (Wildman–Crippen MR) is 528 cm³/mol. The summed E-state index contributed by atoms with van der Waals surface area (Å²) in [5, 5.41) is 18.0. The number of fused-ring (bicyclic) bond motifs is 6. The van der Waals surface area contributed by atoms with Gasteiger partial charge < -0.3 is 0 Å². The van der Waals surface area contributed by atoms with E-state index in [1.807, 2.05) is 214 Å². The van der Waals surface area contributed by atoms with Crippen LogP contribution in [0.15, 0.2) is 373 Å². The zero-order valence-electron chi connectivity index (χ0n) is 72.9. The normalized spacial score (nSPS) is 11.0. The molecule has 24 rings (SSSR count). The molecule has 24 nitrogen and oxygen atoms in total. The number of hydrogen-bond donors (Lipinski definition) is 0. The summed E-state index contributed by atoms with van der Waals surface area (Å²) in [6.45, 7) is 3.68. The van der Waals surface area contributed by atoms with Gasteiger partial charge in [0.1, 0.15) is 65.4 Å². The van der Waals surface area contributed by atoms with E-state index in [4.69, 9.17) is 46.4 Å². The van der Waals surface area contributed by atoms with Gasteiger partial charge >= 0.3 is 0 Å². The average molecular weight is 1910 g/mol. The van der Waals surface area contributed by atoms with Crippen LogP contribution >= 0.6 is 46.4 Å². The Balaban J connectivity index is 0.000000106. The van der Waals surface area contributed by atoms with E-state index >= 15 is 0 Å². The first-order valence-corrected chi connectivity index (χ1v) is 44.1. The van der Waals surface area contributed by atoms with Gasteiger partial charge in [0.05, 0.1) is 50.6 Å². The third-order valence-electron chi connectivity index (χ3n) is 21.9. The minimum absolute atomic E-state index is 0.137. The molecule has 0 aliphatic heterocycles. The third kappa shape index (κ3) is 20.5. The van der Waals surface area contributed by atoms with Crippen molar-refractivity contribution >= 4 is 91.3 Å². The molecule has 24 aromatic rings. The van der Waals surface area contributed by atoms with E-state index in [9.17, 15) is 22.0 Å². The maximum Gasteiger partial charge on any atom is 0.178 e. The first-order chi connectivity index (χ1) is 67.9. The fraction of sp³-hybridized carbons (Fsp3) is 0.0189. The van der Waals surface area contributed by atoms with Crippen LogP contribution in [0.4, 0.5) is 22.0 Å². The van der Waals surface area contributed by atoms with Crippen LogP contribution in [0.2, 0.25) is 20.1 Å². The summed E-state index contributed by atoms with van der Waals surface area (Å²) < 4.78 is 76.5. The Hall–Kier alpha value is -17.5. The molecule has 0 aliphatic rings. The van der Waals surface area contributed by atoms with Crippen LogP contribution in [0, 0.1) is 42.9 Å². The zero-order valence-corrected chi connectivity index (χ0v) is 75.9. The summed E-state index contributed by atoms with van der Waals surface area (Å²) in [4.78, 5) is 69.5. The van der Waals surface area contributed by atoms with Crippen LogP contribution in [0.25, 0.3) is 179 Å². The van der Waals surface area contributed by atoms with Crippen molar-refractivity contribution in [2.45, 2.75) is 13.8 Å². The van der Waals surface area contributed by atoms with Gasteiger partial charge in [-0.3, -0.25) is 39.9 Å². The number of hydrogen-bond acceptors (Lipinski definition) is 20. The average Bonchev–Trinajstić information content (AvgIpc) is 1.88. The van der Waals surface area contributed by atoms with Crippen LogP contribution in [0.1, 0.15) is 11.1 Å². The van der Waals surface area contributed by atoms with Crippen molar-refractivity contribution in [3.05, 3.63) is 433 Å². The molecule has 0 N–H and O–H groups in total. The van der Waals surface area contributed by atoms with Crippen LogP contribution in [0.3, 0.4) is 0 Å². The molecule has 0 spiro atoms. The molecular weight excluding hydrogens is 1850 g/mol. The molecule has 0 amide bonds. The van der Waals surface area contributed by atoms with E-state index in [1.165, 1.54) is 49.3 Å². The standard InChI is InChI=1S/C19H13FN4.C18H11ClN4.C18H13FN4.C17H9ClF2N4.C17H10ClFN4.C17H11ClN4/c1-12-11-13(4-5-15(12)20)18-14(3-2-8-22-18)16-6-7-17-19(24-16)23-10-9-21-17;19-13-4-1-3-12(11-13)17-14(5-2-8-21-17)15-6-7-16-18(23-15)22-10-9-20-16;1-12-4-5-16(19)15(9-12)18-14(3-2-7-20-18)13-6-8-23-17(10-13)21-11-22-23;18-13-7-12(14(19)8-15(13)20)17-11(2-1-4-21-17)10-3-5-24-16(6-10)22-9-23-24;18-12-3-4-15(19)14(9-12)17-13(2-1-6-20-17)11-5-7-23-16(8-11)21-10-22-23;18-14-4-1-3-13(9-14)17-15(5-2-7-19-17)12-6-8-22-16(10-12)20-11-21-22/h2-11H,1H3;1-11H;2-11H,1H3;1-9H;1-10H;1-11H. The molecule has 0 aliphatic carbocycles.